The van der Waals surface area contributed by atoms with E-state index >= 15 is 0 Å². The lowest BCUT2D eigenvalue weighted by atomic mass is 9.96. The summed E-state index contributed by atoms with van der Waals surface area (Å²) in [5, 5.41) is 9.18. The van der Waals surface area contributed by atoms with E-state index in [0.29, 0.717) is 5.75 Å². The number of rotatable bonds is 7. The van der Waals surface area contributed by atoms with Gasteiger partial charge in [-0.25, -0.2) is 9.18 Å². The molecule has 0 bridgehead atoms. The summed E-state index contributed by atoms with van der Waals surface area (Å²) < 4.78 is 18.4. The Morgan fingerprint density at radius 1 is 1.14 bits per heavy atom. The quantitative estimate of drug-likeness (QED) is 0.532. The average Bonchev–Trinajstić information content (AvgIpc) is 2.88. The minimum Gasteiger partial charge on any atom is -0.497 e. The summed E-state index contributed by atoms with van der Waals surface area (Å²) in [5.74, 6) is -0.678. The van der Waals surface area contributed by atoms with Crippen LogP contribution in [0.2, 0.25) is 0 Å². The number of hydrogen-bond acceptors (Lipinski definition) is 7. The number of carbonyl (C=O) groups excluding carboxylic acids is 3. The van der Waals surface area contributed by atoms with Gasteiger partial charge >= 0.3 is 6.03 Å². The number of thioether (sulfide) groups is 1. The first-order valence-electron chi connectivity index (χ1n) is 11.1. The van der Waals surface area contributed by atoms with Gasteiger partial charge in [0.25, 0.3) is 0 Å². The molecule has 4 rings (SSSR count). The van der Waals surface area contributed by atoms with Gasteiger partial charge in [-0.1, -0.05) is 24.3 Å². The lowest BCUT2D eigenvalue weighted by Gasteiger charge is -2.50. The Kier molecular flexibility index (Phi) is 7.58. The Morgan fingerprint density at radius 3 is 2.60 bits per heavy atom. The number of benzene rings is 2. The molecule has 2 aromatic rings. The molecule has 9 nitrogen and oxygen atoms in total. The normalized spacial score (nSPS) is 24.2. The average molecular weight is 502 g/mol. The summed E-state index contributed by atoms with van der Waals surface area (Å²) in [4.78, 5) is 40.9. The Hall–Kier alpha value is -3.15. The summed E-state index contributed by atoms with van der Waals surface area (Å²) in [6.45, 7) is 0.275. The number of amides is 4. The fourth-order valence-corrected chi connectivity index (χ4v) is 5.37. The summed E-state index contributed by atoms with van der Waals surface area (Å²) in [5.41, 5.74) is 1.66. The Balaban J connectivity index is 1.49. The highest BCUT2D eigenvalue weighted by Crippen LogP contribution is 2.34. The van der Waals surface area contributed by atoms with Gasteiger partial charge in [0.05, 0.1) is 36.5 Å². The molecular formula is C24H28FN5O4S. The van der Waals surface area contributed by atoms with Crippen molar-refractivity contribution >= 4 is 29.6 Å². The molecule has 2 aliphatic rings. The molecule has 0 spiro atoms. The molecule has 0 saturated carbocycles. The fourth-order valence-electron chi connectivity index (χ4n) is 4.23. The largest absolute Gasteiger partial charge is 0.497 e. The van der Waals surface area contributed by atoms with Gasteiger partial charge in [-0.15, -0.1) is 11.8 Å². The highest BCUT2D eigenvalue weighted by atomic mass is 32.2. The van der Waals surface area contributed by atoms with Gasteiger partial charge < -0.3 is 15.0 Å². The van der Waals surface area contributed by atoms with Gasteiger partial charge in [-0.05, 0) is 35.4 Å². The lowest BCUT2D eigenvalue weighted by Crippen LogP contribution is -2.72. The van der Waals surface area contributed by atoms with Gasteiger partial charge in [0.1, 0.15) is 11.6 Å². The maximum atomic E-state index is 13.1. The van der Waals surface area contributed by atoms with Crippen molar-refractivity contribution in [3.63, 3.8) is 0 Å². The highest BCUT2D eigenvalue weighted by molar-refractivity contribution is 8.00. The van der Waals surface area contributed by atoms with E-state index in [1.807, 2.05) is 24.3 Å². The van der Waals surface area contributed by atoms with Crippen LogP contribution in [0.15, 0.2) is 48.5 Å². The molecule has 0 aliphatic carbocycles. The number of carbonyl (C=O) groups is 3. The van der Waals surface area contributed by atoms with Gasteiger partial charge in [-0.3, -0.25) is 25.1 Å². The van der Waals surface area contributed by atoms with Crippen LogP contribution in [-0.2, 0) is 16.1 Å². The number of nitrogens with zero attached hydrogens (tertiary/aromatic N) is 2. The standard InChI is InChI=1S/C24H28FN5O4S/c1-29-21-19(23(32)30(2)24(29)33)22(28-20(27-21)15-5-4-6-17(11-15)34-3)35-13-18(31)26-12-14-7-9-16(25)10-8-14/h4-11,19-22,27-28H,12-13H2,1-3H3,(H,26,31). The zero-order valence-corrected chi connectivity index (χ0v) is 20.5. The van der Waals surface area contributed by atoms with E-state index in [4.69, 9.17) is 4.74 Å². The number of nitrogens with one attached hydrogen (secondary N) is 3. The fraction of sp³-hybridized carbons (Fsp3) is 0.375. The smallest absolute Gasteiger partial charge is 0.327 e. The minimum atomic E-state index is -0.598. The Labute approximate surface area is 207 Å². The summed E-state index contributed by atoms with van der Waals surface area (Å²) in [6, 6.07) is 13.0. The van der Waals surface area contributed by atoms with Crippen LogP contribution < -0.4 is 20.7 Å². The highest BCUT2D eigenvalue weighted by Gasteiger charge is 2.51. The van der Waals surface area contributed by atoms with Crippen LogP contribution in [0.4, 0.5) is 9.18 Å². The topological polar surface area (TPSA) is 103 Å². The number of halogens is 1. The molecule has 0 aromatic heterocycles. The van der Waals surface area contributed by atoms with Crippen LogP contribution in [0, 0.1) is 11.7 Å². The maximum absolute atomic E-state index is 13.1. The van der Waals surface area contributed by atoms with Gasteiger partial charge in [0, 0.05) is 20.6 Å². The molecule has 3 N–H and O–H groups in total. The summed E-state index contributed by atoms with van der Waals surface area (Å²) in [7, 11) is 4.70. The van der Waals surface area contributed by atoms with E-state index in [0.717, 1.165) is 16.0 Å². The van der Waals surface area contributed by atoms with E-state index in [9.17, 15) is 18.8 Å². The van der Waals surface area contributed by atoms with Crippen LogP contribution in [0.25, 0.3) is 0 Å². The van der Waals surface area contributed by atoms with Crippen molar-refractivity contribution in [1.29, 1.82) is 0 Å². The molecule has 2 saturated heterocycles. The van der Waals surface area contributed by atoms with Crippen molar-refractivity contribution < 1.29 is 23.5 Å². The third-order valence-corrected chi connectivity index (χ3v) is 7.40. The van der Waals surface area contributed by atoms with E-state index in [2.05, 4.69) is 16.0 Å². The molecule has 11 heteroatoms. The first kappa shape index (κ1) is 25.0. The van der Waals surface area contributed by atoms with Crippen LogP contribution in [0.1, 0.15) is 17.3 Å². The van der Waals surface area contributed by atoms with E-state index in [-0.39, 0.29) is 36.1 Å². The van der Waals surface area contributed by atoms with Crippen molar-refractivity contribution in [2.24, 2.45) is 5.92 Å². The number of fused-ring (bicyclic) bond motifs is 1. The maximum Gasteiger partial charge on any atom is 0.327 e. The van der Waals surface area contributed by atoms with Crippen LogP contribution in [0.5, 0.6) is 5.75 Å². The number of methoxy groups -OCH3 is 1. The molecule has 4 unspecified atom stereocenters. The molecule has 4 amide bonds. The molecule has 0 radical (unpaired) electrons. The molecule has 186 valence electrons. The molecule has 4 atom stereocenters. The molecule has 35 heavy (non-hydrogen) atoms. The third-order valence-electron chi connectivity index (χ3n) is 6.18. The number of hydrogen-bond donors (Lipinski definition) is 3. The first-order valence-corrected chi connectivity index (χ1v) is 12.2. The van der Waals surface area contributed by atoms with Gasteiger partial charge in [0.2, 0.25) is 11.8 Å². The molecule has 2 aromatic carbocycles. The second-order valence-electron chi connectivity index (χ2n) is 8.44. The second-order valence-corrected chi connectivity index (χ2v) is 9.57. The van der Waals surface area contributed by atoms with Crippen LogP contribution in [-0.4, -0.2) is 66.1 Å². The van der Waals surface area contributed by atoms with Gasteiger partial charge in [0.15, 0.2) is 0 Å². The van der Waals surface area contributed by atoms with Crippen molar-refractivity contribution in [3.05, 3.63) is 65.5 Å². The second kappa shape index (κ2) is 10.6. The molecule has 2 aliphatic heterocycles. The zero-order valence-electron chi connectivity index (χ0n) is 19.7. The first-order chi connectivity index (χ1) is 16.8. The van der Waals surface area contributed by atoms with Crippen molar-refractivity contribution in [2.45, 2.75) is 24.3 Å². The van der Waals surface area contributed by atoms with Crippen LogP contribution >= 0.6 is 11.8 Å². The SMILES string of the molecule is COc1cccc(C2NC(SCC(=O)NCc3ccc(F)cc3)C3C(=O)N(C)C(=O)N(C)C3N2)c1. The molecular weight excluding hydrogens is 473 g/mol. The van der Waals surface area contributed by atoms with Crippen molar-refractivity contribution in [2.75, 3.05) is 27.0 Å². The molecule has 2 heterocycles. The van der Waals surface area contributed by atoms with Crippen molar-refractivity contribution in [3.8, 4) is 5.75 Å². The number of imide groups is 1. The minimum absolute atomic E-state index is 0.0988. The summed E-state index contributed by atoms with van der Waals surface area (Å²) >= 11 is 1.31. The predicted octanol–water partition coefficient (Wildman–Crippen LogP) is 1.87. The Morgan fingerprint density at radius 2 is 1.89 bits per heavy atom. The van der Waals surface area contributed by atoms with E-state index < -0.39 is 23.5 Å². The number of ether oxygens (including phenoxy) is 1. The lowest BCUT2D eigenvalue weighted by molar-refractivity contribution is -0.140. The molecule has 2 fully saturated rings. The monoisotopic (exact) mass is 501 g/mol. The van der Waals surface area contributed by atoms with E-state index in [1.54, 1.807) is 26.3 Å². The predicted molar refractivity (Wildman–Crippen MR) is 130 cm³/mol. The zero-order chi connectivity index (χ0) is 25.1. The van der Waals surface area contributed by atoms with Crippen LogP contribution in [0.3, 0.4) is 0 Å². The number of urea groups is 1. The summed E-state index contributed by atoms with van der Waals surface area (Å²) in [6.07, 6.45) is -0.930. The third kappa shape index (κ3) is 5.42. The Bertz CT molecular complexity index is 1100. The van der Waals surface area contributed by atoms with E-state index in [1.165, 1.54) is 35.8 Å². The van der Waals surface area contributed by atoms with Crippen molar-refractivity contribution in [1.82, 2.24) is 25.8 Å². The van der Waals surface area contributed by atoms with Gasteiger partial charge in [-0.2, -0.15) is 0 Å².